The summed E-state index contributed by atoms with van der Waals surface area (Å²) in [6.07, 6.45) is 1.22. The van der Waals surface area contributed by atoms with E-state index in [0.717, 1.165) is 27.7 Å². The van der Waals surface area contributed by atoms with Crippen LogP contribution < -0.4 is 23.3 Å². The highest BCUT2D eigenvalue weighted by molar-refractivity contribution is 7.93. The van der Waals surface area contributed by atoms with Crippen LogP contribution in [0.1, 0.15) is 29.0 Å². The Morgan fingerprint density at radius 3 is 2.25 bits per heavy atom. The first-order valence-electron chi connectivity index (χ1n) is 16.3. The van der Waals surface area contributed by atoms with E-state index >= 15 is 8.78 Å². The molecule has 0 spiro atoms. The predicted molar refractivity (Wildman–Crippen MR) is 190 cm³/mol. The van der Waals surface area contributed by atoms with Gasteiger partial charge in [0.05, 0.1) is 34.5 Å². The third-order valence-corrected chi connectivity index (χ3v) is 11.5. The molecule has 1 saturated heterocycles. The van der Waals surface area contributed by atoms with Crippen LogP contribution >= 0.6 is 11.5 Å². The van der Waals surface area contributed by atoms with Crippen molar-refractivity contribution in [2.75, 3.05) is 38.8 Å². The van der Waals surface area contributed by atoms with Crippen molar-refractivity contribution in [1.29, 1.82) is 0 Å². The van der Waals surface area contributed by atoms with Crippen molar-refractivity contribution in [3.63, 3.8) is 0 Å². The molecule has 0 saturated carbocycles. The van der Waals surface area contributed by atoms with Crippen molar-refractivity contribution in [3.05, 3.63) is 119 Å². The minimum absolute atomic E-state index is 0.0737. The number of hydrogen-bond acceptors (Lipinski definition) is 10. The van der Waals surface area contributed by atoms with Gasteiger partial charge in [0.1, 0.15) is 40.1 Å². The molecule has 16 heteroatoms. The van der Waals surface area contributed by atoms with E-state index in [-0.39, 0.29) is 37.2 Å². The lowest BCUT2D eigenvalue weighted by Gasteiger charge is -2.38. The fourth-order valence-electron chi connectivity index (χ4n) is 6.17. The van der Waals surface area contributed by atoms with Gasteiger partial charge in [0.25, 0.3) is 10.0 Å². The average molecular weight is 769 g/mol. The highest BCUT2D eigenvalue weighted by atomic mass is 32.2. The summed E-state index contributed by atoms with van der Waals surface area (Å²) in [5.41, 5.74) is 1.95. The number of carbonyl (C=O) groups is 1. The average Bonchev–Trinajstić information content (AvgIpc) is 3.70. The summed E-state index contributed by atoms with van der Waals surface area (Å²) in [5, 5.41) is -0.0825. The van der Waals surface area contributed by atoms with Crippen molar-refractivity contribution in [2.45, 2.75) is 30.3 Å². The Morgan fingerprint density at radius 1 is 0.868 bits per heavy atom. The molecular formula is C37H35F3N4O7S2. The number of piperidine rings is 1. The molecule has 0 N–H and O–H groups in total. The van der Waals surface area contributed by atoms with Crippen molar-refractivity contribution in [2.24, 2.45) is 5.92 Å². The zero-order valence-corrected chi connectivity index (χ0v) is 30.5. The van der Waals surface area contributed by atoms with Gasteiger partial charge in [-0.15, -0.1) is 0 Å². The fraction of sp³-hybridized carbons (Fsp3) is 0.270. The first-order valence-corrected chi connectivity index (χ1v) is 18.5. The number of nitrogens with zero attached hydrogens (tertiary/aromatic N) is 4. The van der Waals surface area contributed by atoms with Crippen LogP contribution in [0.25, 0.3) is 0 Å². The van der Waals surface area contributed by atoms with E-state index in [0.29, 0.717) is 47.1 Å². The molecule has 6 rings (SSSR count). The van der Waals surface area contributed by atoms with E-state index in [2.05, 4.69) is 9.36 Å². The molecule has 0 unspecified atom stereocenters. The van der Waals surface area contributed by atoms with Gasteiger partial charge in [-0.25, -0.2) is 30.9 Å². The molecule has 11 nitrogen and oxygen atoms in total. The molecule has 0 bridgehead atoms. The molecule has 0 aliphatic carbocycles. The Bertz CT molecular complexity index is 2160. The van der Waals surface area contributed by atoms with Crippen LogP contribution in [0.15, 0.2) is 90.1 Å². The number of hydrogen-bond donors (Lipinski definition) is 0. The topological polar surface area (TPSA) is 120 Å². The normalized spacial score (nSPS) is 16.0. The van der Waals surface area contributed by atoms with Crippen LogP contribution in [-0.2, 0) is 27.9 Å². The first-order chi connectivity index (χ1) is 25.5. The van der Waals surface area contributed by atoms with Crippen LogP contribution in [0.5, 0.6) is 23.0 Å². The highest BCUT2D eigenvalue weighted by Crippen LogP contribution is 2.37. The third-order valence-electron chi connectivity index (χ3n) is 8.98. The summed E-state index contributed by atoms with van der Waals surface area (Å²) in [7, 11) is -0.334. The smallest absolute Gasteiger partial charge is 0.269 e. The molecule has 1 fully saturated rings. The number of benzene rings is 4. The molecule has 1 aliphatic heterocycles. The van der Waals surface area contributed by atoms with Gasteiger partial charge < -0.3 is 23.8 Å². The molecule has 2 heterocycles. The molecular weight excluding hydrogens is 734 g/mol. The number of carbonyl (C=O) groups excluding carboxylic acids is 1. The van der Waals surface area contributed by atoms with Crippen molar-refractivity contribution in [1.82, 2.24) is 14.3 Å². The van der Waals surface area contributed by atoms with Gasteiger partial charge >= 0.3 is 0 Å². The van der Waals surface area contributed by atoms with Gasteiger partial charge in [-0.05, 0) is 47.5 Å². The van der Waals surface area contributed by atoms with E-state index in [1.54, 1.807) is 54.5 Å². The van der Waals surface area contributed by atoms with E-state index in [4.69, 9.17) is 18.9 Å². The van der Waals surface area contributed by atoms with Crippen molar-refractivity contribution in [3.8, 4) is 23.0 Å². The second kappa shape index (κ2) is 16.1. The second-order valence-electron chi connectivity index (χ2n) is 12.2. The van der Waals surface area contributed by atoms with Gasteiger partial charge in [-0.2, -0.15) is 4.37 Å². The number of halogens is 3. The minimum Gasteiger partial charge on any atom is -0.497 e. The second-order valence-corrected chi connectivity index (χ2v) is 14.8. The monoisotopic (exact) mass is 768 g/mol. The van der Waals surface area contributed by atoms with E-state index in [9.17, 15) is 17.6 Å². The molecule has 278 valence electrons. The summed E-state index contributed by atoms with van der Waals surface area (Å²) in [4.78, 5) is 18.1. The van der Waals surface area contributed by atoms with Crippen LogP contribution in [-0.4, -0.2) is 63.1 Å². The van der Waals surface area contributed by atoms with E-state index in [1.165, 1.54) is 26.4 Å². The van der Waals surface area contributed by atoms with E-state index < -0.39 is 50.0 Å². The van der Waals surface area contributed by atoms with Crippen LogP contribution in [0, 0.1) is 23.4 Å². The minimum atomic E-state index is -4.76. The Kier molecular flexibility index (Phi) is 11.4. The van der Waals surface area contributed by atoms with Gasteiger partial charge in [-0.3, -0.25) is 4.79 Å². The lowest BCUT2D eigenvalue weighted by Crippen LogP contribution is -2.45. The Morgan fingerprint density at radius 2 is 1.58 bits per heavy atom. The summed E-state index contributed by atoms with van der Waals surface area (Å²) in [6.45, 7) is -0.0130. The Labute approximate surface area is 308 Å². The molecule has 5 aromatic rings. The third kappa shape index (κ3) is 8.33. The molecule has 53 heavy (non-hydrogen) atoms. The SMILES string of the molecule is COc1ccc(CN2C[C@H](COc3cc(F)c(S(=O)(=O)N(Cc4ccc(OC)cc4OC)c4ncns4)cc3F)[C@@H](c3ccc(F)cc3)CC2=O)cc1. The largest absolute Gasteiger partial charge is 0.497 e. The number of aromatic nitrogens is 2. The Balaban J connectivity index is 1.26. The van der Waals surface area contributed by atoms with Gasteiger partial charge in [0, 0.05) is 66.6 Å². The maximum Gasteiger partial charge on any atom is 0.269 e. The first kappa shape index (κ1) is 37.4. The number of anilines is 1. The van der Waals surface area contributed by atoms with Crippen molar-refractivity contribution >= 4 is 32.6 Å². The number of rotatable bonds is 14. The lowest BCUT2D eigenvalue weighted by molar-refractivity contribution is -0.136. The number of amides is 1. The molecule has 1 aromatic heterocycles. The van der Waals surface area contributed by atoms with Gasteiger partial charge in [-0.1, -0.05) is 24.3 Å². The standard InChI is InChI=1S/C37H35F3N4O7S2/c1-48-28-11-4-23(5-12-28)18-43-19-26(30(15-36(43)45)24-6-9-27(38)10-7-24)21-51-34-16-32(40)35(17-31(34)39)53(46,47)44(37-41-22-42-52-37)20-25-8-13-29(49-2)14-33(25)50-3/h4-14,16-17,22,26,30H,15,18-21H2,1-3H3/t26-,30-/m1/s1. The maximum absolute atomic E-state index is 15.8. The summed E-state index contributed by atoms with van der Waals surface area (Å²) in [6, 6.07) is 19.0. The maximum atomic E-state index is 15.8. The molecule has 1 aliphatic rings. The lowest BCUT2D eigenvalue weighted by atomic mass is 9.80. The van der Waals surface area contributed by atoms with Gasteiger partial charge in [0.2, 0.25) is 11.0 Å². The van der Waals surface area contributed by atoms with Crippen molar-refractivity contribution < 1.29 is 45.3 Å². The quantitative estimate of drug-likeness (QED) is 0.123. The fourth-order valence-corrected chi connectivity index (χ4v) is 8.36. The zero-order chi connectivity index (χ0) is 37.7. The predicted octanol–water partition coefficient (Wildman–Crippen LogP) is 6.59. The molecule has 0 radical (unpaired) electrons. The van der Waals surface area contributed by atoms with E-state index in [1.807, 2.05) is 12.1 Å². The summed E-state index contributed by atoms with van der Waals surface area (Å²) in [5.74, 6) is -2.87. The van der Waals surface area contributed by atoms with Gasteiger partial charge in [0.15, 0.2) is 11.6 Å². The van der Waals surface area contributed by atoms with Crippen LogP contribution in [0.2, 0.25) is 0 Å². The van der Waals surface area contributed by atoms with Crippen LogP contribution in [0.3, 0.4) is 0 Å². The number of methoxy groups -OCH3 is 3. The molecule has 4 aromatic carbocycles. The van der Waals surface area contributed by atoms with Crippen LogP contribution in [0.4, 0.5) is 18.3 Å². The highest BCUT2D eigenvalue weighted by Gasteiger charge is 2.37. The number of ether oxygens (including phenoxy) is 4. The summed E-state index contributed by atoms with van der Waals surface area (Å²) < 4.78 is 99.8. The summed E-state index contributed by atoms with van der Waals surface area (Å²) >= 11 is 0.756. The zero-order valence-electron chi connectivity index (χ0n) is 28.9. The number of likely N-dealkylation sites (tertiary alicyclic amines) is 1. The molecule has 1 amide bonds. The Hall–Kier alpha value is -5.35. The molecule has 2 atom stereocenters. The number of sulfonamides is 1.